The lowest BCUT2D eigenvalue weighted by atomic mass is 10.1. The van der Waals surface area contributed by atoms with Gasteiger partial charge in [0.15, 0.2) is 0 Å². The molecule has 0 N–H and O–H groups in total. The summed E-state index contributed by atoms with van der Waals surface area (Å²) in [5, 5.41) is 8.10. The third-order valence-corrected chi connectivity index (χ3v) is 4.16. The number of piperazine rings is 1. The van der Waals surface area contributed by atoms with Crippen molar-refractivity contribution in [2.75, 3.05) is 32.7 Å². The SMILES string of the molecule is CC(C)Cc1cc(C(=O)N2CCN(CCn3cncn3)CC2)on1. The molecule has 3 heterocycles. The highest BCUT2D eigenvalue weighted by Crippen LogP contribution is 2.13. The van der Waals surface area contributed by atoms with Gasteiger partial charge in [-0.1, -0.05) is 19.0 Å². The van der Waals surface area contributed by atoms with E-state index in [2.05, 4.69) is 34.0 Å². The minimum absolute atomic E-state index is 0.0616. The molecule has 0 radical (unpaired) electrons. The van der Waals surface area contributed by atoms with Gasteiger partial charge in [0.2, 0.25) is 5.76 Å². The van der Waals surface area contributed by atoms with Gasteiger partial charge in [-0.2, -0.15) is 5.10 Å². The van der Waals surface area contributed by atoms with Crippen LogP contribution in [0.1, 0.15) is 30.1 Å². The van der Waals surface area contributed by atoms with E-state index in [0.717, 1.165) is 38.3 Å². The van der Waals surface area contributed by atoms with Gasteiger partial charge in [-0.15, -0.1) is 0 Å². The Morgan fingerprint density at radius 1 is 1.25 bits per heavy atom. The Balaban J connectivity index is 1.47. The van der Waals surface area contributed by atoms with Crippen molar-refractivity contribution >= 4 is 5.91 Å². The lowest BCUT2D eigenvalue weighted by Crippen LogP contribution is -2.49. The zero-order valence-corrected chi connectivity index (χ0v) is 14.3. The van der Waals surface area contributed by atoms with Gasteiger partial charge >= 0.3 is 0 Å². The zero-order chi connectivity index (χ0) is 16.9. The molecule has 1 fully saturated rings. The minimum atomic E-state index is -0.0616. The molecule has 0 unspecified atom stereocenters. The molecule has 0 atom stereocenters. The summed E-state index contributed by atoms with van der Waals surface area (Å²) in [6.45, 7) is 9.08. The normalized spacial score (nSPS) is 16.0. The first-order valence-electron chi connectivity index (χ1n) is 8.41. The van der Waals surface area contributed by atoms with Gasteiger partial charge in [0.25, 0.3) is 5.91 Å². The Hall–Kier alpha value is -2.22. The van der Waals surface area contributed by atoms with E-state index in [4.69, 9.17) is 4.52 Å². The van der Waals surface area contributed by atoms with E-state index in [9.17, 15) is 4.79 Å². The Morgan fingerprint density at radius 3 is 2.71 bits per heavy atom. The topological polar surface area (TPSA) is 80.3 Å². The molecule has 1 aliphatic rings. The monoisotopic (exact) mass is 332 g/mol. The summed E-state index contributed by atoms with van der Waals surface area (Å²) >= 11 is 0. The lowest BCUT2D eigenvalue weighted by molar-refractivity contribution is 0.0592. The molecule has 1 saturated heterocycles. The van der Waals surface area contributed by atoms with Crippen molar-refractivity contribution in [1.82, 2.24) is 29.7 Å². The van der Waals surface area contributed by atoms with Crippen LogP contribution in [-0.4, -0.2) is 68.4 Å². The van der Waals surface area contributed by atoms with Crippen molar-refractivity contribution in [3.63, 3.8) is 0 Å². The van der Waals surface area contributed by atoms with Gasteiger partial charge in [0, 0.05) is 38.8 Å². The Bertz CT molecular complexity index is 643. The minimum Gasteiger partial charge on any atom is -0.351 e. The average Bonchev–Trinajstić information content (AvgIpc) is 3.24. The second-order valence-electron chi connectivity index (χ2n) is 6.57. The maximum Gasteiger partial charge on any atom is 0.292 e. The molecule has 0 aliphatic carbocycles. The number of amides is 1. The third kappa shape index (κ3) is 4.19. The molecule has 2 aromatic heterocycles. The second-order valence-corrected chi connectivity index (χ2v) is 6.57. The number of hydrogen-bond donors (Lipinski definition) is 0. The van der Waals surface area contributed by atoms with Crippen molar-refractivity contribution < 1.29 is 9.32 Å². The summed E-state index contributed by atoms with van der Waals surface area (Å²) in [6, 6.07) is 1.78. The summed E-state index contributed by atoms with van der Waals surface area (Å²) in [7, 11) is 0. The fraction of sp³-hybridized carbons (Fsp3) is 0.625. The number of carbonyl (C=O) groups is 1. The molecular weight excluding hydrogens is 308 g/mol. The molecule has 8 nitrogen and oxygen atoms in total. The van der Waals surface area contributed by atoms with E-state index in [1.54, 1.807) is 18.7 Å². The van der Waals surface area contributed by atoms with Crippen molar-refractivity contribution in [2.24, 2.45) is 5.92 Å². The van der Waals surface area contributed by atoms with Crippen LogP contribution in [0.3, 0.4) is 0 Å². The van der Waals surface area contributed by atoms with Crippen molar-refractivity contribution in [3.8, 4) is 0 Å². The number of carbonyl (C=O) groups excluding carboxylic acids is 1. The predicted octanol–water partition coefficient (Wildman–Crippen LogP) is 0.923. The Morgan fingerprint density at radius 2 is 2.04 bits per heavy atom. The van der Waals surface area contributed by atoms with Crippen LogP contribution in [0, 0.1) is 5.92 Å². The molecule has 0 bridgehead atoms. The largest absolute Gasteiger partial charge is 0.351 e. The van der Waals surface area contributed by atoms with E-state index < -0.39 is 0 Å². The van der Waals surface area contributed by atoms with Gasteiger partial charge in [-0.25, -0.2) is 4.98 Å². The van der Waals surface area contributed by atoms with Crippen LogP contribution in [0.4, 0.5) is 0 Å². The molecular formula is C16H24N6O2. The van der Waals surface area contributed by atoms with Crippen LogP contribution in [0.2, 0.25) is 0 Å². The Labute approximate surface area is 141 Å². The number of hydrogen-bond acceptors (Lipinski definition) is 6. The second kappa shape index (κ2) is 7.57. The summed E-state index contributed by atoms with van der Waals surface area (Å²) in [5.41, 5.74) is 0.847. The molecule has 130 valence electrons. The number of rotatable bonds is 6. The van der Waals surface area contributed by atoms with Crippen LogP contribution in [0.25, 0.3) is 0 Å². The van der Waals surface area contributed by atoms with Crippen LogP contribution in [-0.2, 0) is 13.0 Å². The molecule has 0 saturated carbocycles. The first-order chi connectivity index (χ1) is 11.6. The Kier molecular flexibility index (Phi) is 5.24. The molecule has 1 aliphatic heterocycles. The summed E-state index contributed by atoms with van der Waals surface area (Å²) in [4.78, 5) is 20.6. The van der Waals surface area contributed by atoms with Crippen LogP contribution in [0.15, 0.2) is 23.2 Å². The molecule has 1 amide bonds. The maximum absolute atomic E-state index is 12.5. The van der Waals surface area contributed by atoms with Crippen molar-refractivity contribution in [1.29, 1.82) is 0 Å². The quantitative estimate of drug-likeness (QED) is 0.783. The van der Waals surface area contributed by atoms with Gasteiger partial charge in [-0.3, -0.25) is 14.4 Å². The molecule has 8 heteroatoms. The smallest absolute Gasteiger partial charge is 0.292 e. The molecule has 3 rings (SSSR count). The molecule has 0 aromatic carbocycles. The summed E-state index contributed by atoms with van der Waals surface area (Å²) < 4.78 is 7.05. The third-order valence-electron chi connectivity index (χ3n) is 4.16. The highest BCUT2D eigenvalue weighted by molar-refractivity contribution is 5.91. The van der Waals surface area contributed by atoms with E-state index in [-0.39, 0.29) is 5.91 Å². The number of aromatic nitrogens is 4. The van der Waals surface area contributed by atoms with Crippen LogP contribution >= 0.6 is 0 Å². The van der Waals surface area contributed by atoms with E-state index in [0.29, 0.717) is 24.8 Å². The van der Waals surface area contributed by atoms with Crippen molar-refractivity contribution in [2.45, 2.75) is 26.8 Å². The summed E-state index contributed by atoms with van der Waals surface area (Å²) in [5.74, 6) is 0.779. The number of nitrogens with zero attached hydrogens (tertiary/aromatic N) is 6. The highest BCUT2D eigenvalue weighted by Gasteiger charge is 2.25. The van der Waals surface area contributed by atoms with Crippen LogP contribution in [0.5, 0.6) is 0 Å². The standard InChI is InChI=1S/C16H24N6O2/c1-13(2)9-14-10-15(24-19-14)16(23)21-6-3-20(4-7-21)5-8-22-12-17-11-18-22/h10-13H,3-9H2,1-2H3. The lowest BCUT2D eigenvalue weighted by Gasteiger charge is -2.34. The van der Waals surface area contributed by atoms with E-state index in [1.165, 1.54) is 0 Å². The van der Waals surface area contributed by atoms with Crippen molar-refractivity contribution in [3.05, 3.63) is 30.2 Å². The first kappa shape index (κ1) is 16.6. The maximum atomic E-state index is 12.5. The fourth-order valence-corrected chi connectivity index (χ4v) is 2.85. The average molecular weight is 332 g/mol. The first-order valence-corrected chi connectivity index (χ1v) is 8.41. The molecule has 24 heavy (non-hydrogen) atoms. The van der Waals surface area contributed by atoms with Gasteiger partial charge in [-0.05, 0) is 12.3 Å². The van der Waals surface area contributed by atoms with Gasteiger partial charge in [0.05, 0.1) is 12.2 Å². The molecule has 0 spiro atoms. The van der Waals surface area contributed by atoms with E-state index >= 15 is 0 Å². The highest BCUT2D eigenvalue weighted by atomic mass is 16.5. The van der Waals surface area contributed by atoms with Crippen LogP contribution < -0.4 is 0 Å². The summed E-state index contributed by atoms with van der Waals surface area (Å²) in [6.07, 6.45) is 4.09. The van der Waals surface area contributed by atoms with Gasteiger partial charge < -0.3 is 9.42 Å². The van der Waals surface area contributed by atoms with E-state index in [1.807, 2.05) is 9.58 Å². The molecule has 2 aromatic rings. The fourth-order valence-electron chi connectivity index (χ4n) is 2.85. The predicted molar refractivity (Wildman–Crippen MR) is 87.4 cm³/mol. The zero-order valence-electron chi connectivity index (χ0n) is 14.3. The van der Waals surface area contributed by atoms with Gasteiger partial charge in [0.1, 0.15) is 12.7 Å².